The van der Waals surface area contributed by atoms with Crippen molar-refractivity contribution >= 4 is 11.8 Å². The second-order valence-corrected chi connectivity index (χ2v) is 7.41. The van der Waals surface area contributed by atoms with E-state index in [-0.39, 0.29) is 0 Å². The standard InChI is InChI=1S/C15H25FN4S/c1-19-8-12(6-18-19)9-20-10-13(16)5-15(20)7-17-14-3-2-4-21-11-14/h6,8,13-15,17H,2-5,7,9-11H2,1H3/t13-,14-,15-/m0/s1. The number of nitrogens with zero attached hydrogens (tertiary/aromatic N) is 3. The zero-order valence-corrected chi connectivity index (χ0v) is 13.5. The van der Waals surface area contributed by atoms with Gasteiger partial charge in [0.1, 0.15) is 6.17 Å². The van der Waals surface area contributed by atoms with E-state index in [4.69, 9.17) is 0 Å². The summed E-state index contributed by atoms with van der Waals surface area (Å²) in [5.74, 6) is 2.50. The van der Waals surface area contributed by atoms with Gasteiger partial charge in [-0.3, -0.25) is 9.58 Å². The molecule has 4 nitrogen and oxygen atoms in total. The van der Waals surface area contributed by atoms with E-state index < -0.39 is 6.17 Å². The van der Waals surface area contributed by atoms with Gasteiger partial charge in [0.25, 0.3) is 0 Å². The third kappa shape index (κ3) is 4.20. The van der Waals surface area contributed by atoms with Gasteiger partial charge < -0.3 is 5.32 Å². The molecule has 0 aliphatic carbocycles. The average molecular weight is 312 g/mol. The van der Waals surface area contributed by atoms with Crippen molar-refractivity contribution in [2.75, 3.05) is 24.6 Å². The summed E-state index contributed by atoms with van der Waals surface area (Å²) in [7, 11) is 1.92. The summed E-state index contributed by atoms with van der Waals surface area (Å²) in [4.78, 5) is 2.27. The molecule has 0 unspecified atom stereocenters. The third-order valence-electron chi connectivity index (χ3n) is 4.42. The molecule has 118 valence electrons. The lowest BCUT2D eigenvalue weighted by molar-refractivity contribution is 0.226. The second-order valence-electron chi connectivity index (χ2n) is 6.26. The summed E-state index contributed by atoms with van der Waals surface area (Å²) >= 11 is 2.03. The van der Waals surface area contributed by atoms with Crippen LogP contribution < -0.4 is 5.32 Å². The van der Waals surface area contributed by atoms with E-state index in [0.717, 1.165) is 13.1 Å². The first-order valence-corrected chi connectivity index (χ1v) is 9.03. The van der Waals surface area contributed by atoms with Crippen molar-refractivity contribution in [2.24, 2.45) is 7.05 Å². The molecule has 3 heterocycles. The SMILES string of the molecule is Cn1cc(CN2C[C@@H](F)C[C@H]2CN[C@H]2CCCSC2)cn1. The van der Waals surface area contributed by atoms with Gasteiger partial charge in [-0.2, -0.15) is 16.9 Å². The van der Waals surface area contributed by atoms with E-state index in [2.05, 4.69) is 15.3 Å². The van der Waals surface area contributed by atoms with E-state index in [1.807, 2.05) is 35.9 Å². The smallest absolute Gasteiger partial charge is 0.114 e. The number of thioether (sulfide) groups is 1. The molecule has 1 aromatic rings. The highest BCUT2D eigenvalue weighted by Crippen LogP contribution is 2.23. The molecule has 0 aromatic carbocycles. The molecular weight excluding hydrogens is 287 g/mol. The fourth-order valence-corrected chi connectivity index (χ4v) is 4.43. The Morgan fingerprint density at radius 3 is 3.14 bits per heavy atom. The first-order valence-electron chi connectivity index (χ1n) is 7.87. The van der Waals surface area contributed by atoms with Gasteiger partial charge in [0.05, 0.1) is 6.20 Å². The molecule has 2 aliphatic heterocycles. The van der Waals surface area contributed by atoms with E-state index in [1.54, 1.807) is 0 Å². The zero-order valence-electron chi connectivity index (χ0n) is 12.7. The first kappa shape index (κ1) is 15.3. The van der Waals surface area contributed by atoms with Crippen LogP contribution >= 0.6 is 11.8 Å². The highest BCUT2D eigenvalue weighted by Gasteiger charge is 2.32. The van der Waals surface area contributed by atoms with Crippen LogP contribution in [0.5, 0.6) is 0 Å². The number of aromatic nitrogens is 2. The number of rotatable bonds is 5. The molecule has 3 atom stereocenters. The Hall–Kier alpha value is -0.590. The summed E-state index contributed by atoms with van der Waals surface area (Å²) in [5.41, 5.74) is 1.17. The van der Waals surface area contributed by atoms with Crippen LogP contribution in [0.15, 0.2) is 12.4 Å². The van der Waals surface area contributed by atoms with Gasteiger partial charge in [-0.15, -0.1) is 0 Å². The molecule has 1 aromatic heterocycles. The predicted octanol–water partition coefficient (Wildman–Crippen LogP) is 1.82. The molecule has 21 heavy (non-hydrogen) atoms. The first-order chi connectivity index (χ1) is 10.2. The van der Waals surface area contributed by atoms with Gasteiger partial charge in [-0.25, -0.2) is 4.39 Å². The van der Waals surface area contributed by atoms with Crippen molar-refractivity contribution in [1.29, 1.82) is 0 Å². The topological polar surface area (TPSA) is 33.1 Å². The molecule has 0 amide bonds. The maximum absolute atomic E-state index is 13.8. The molecular formula is C15H25FN4S. The van der Waals surface area contributed by atoms with Crippen LogP contribution in [0.2, 0.25) is 0 Å². The Morgan fingerprint density at radius 1 is 1.52 bits per heavy atom. The molecule has 0 spiro atoms. The van der Waals surface area contributed by atoms with Crippen LogP contribution in [0.4, 0.5) is 4.39 Å². The lowest BCUT2D eigenvalue weighted by atomic mass is 10.1. The molecule has 0 bridgehead atoms. The average Bonchev–Trinajstić information content (AvgIpc) is 3.04. The zero-order chi connectivity index (χ0) is 14.7. The number of alkyl halides is 1. The molecule has 0 radical (unpaired) electrons. The van der Waals surface area contributed by atoms with Crippen LogP contribution in [-0.2, 0) is 13.6 Å². The summed E-state index contributed by atoms with van der Waals surface area (Å²) in [5, 5.41) is 7.86. The maximum atomic E-state index is 13.8. The second kappa shape index (κ2) is 7.11. The molecule has 2 aliphatic rings. The minimum absolute atomic E-state index is 0.312. The summed E-state index contributed by atoms with van der Waals surface area (Å²) in [6.45, 7) is 2.27. The Morgan fingerprint density at radius 2 is 2.43 bits per heavy atom. The quantitative estimate of drug-likeness (QED) is 0.899. The summed E-state index contributed by atoms with van der Waals surface area (Å²) in [6, 6.07) is 0.926. The predicted molar refractivity (Wildman–Crippen MR) is 85.3 cm³/mol. The van der Waals surface area contributed by atoms with Gasteiger partial charge in [-0.05, 0) is 25.0 Å². The number of nitrogens with one attached hydrogen (secondary N) is 1. The highest BCUT2D eigenvalue weighted by atomic mass is 32.2. The van der Waals surface area contributed by atoms with Crippen molar-refractivity contribution in [3.8, 4) is 0 Å². The molecule has 2 saturated heterocycles. The summed E-state index contributed by atoms with van der Waals surface area (Å²) < 4.78 is 15.6. The minimum Gasteiger partial charge on any atom is -0.312 e. The monoisotopic (exact) mass is 312 g/mol. The molecule has 1 N–H and O–H groups in total. The van der Waals surface area contributed by atoms with Crippen LogP contribution in [0.25, 0.3) is 0 Å². The van der Waals surface area contributed by atoms with E-state index in [0.29, 0.717) is 25.0 Å². The summed E-state index contributed by atoms with van der Waals surface area (Å²) in [6.07, 6.45) is 6.45. The van der Waals surface area contributed by atoms with Gasteiger partial charge in [-0.1, -0.05) is 0 Å². The van der Waals surface area contributed by atoms with Gasteiger partial charge >= 0.3 is 0 Å². The third-order valence-corrected chi connectivity index (χ3v) is 5.64. The molecule has 3 rings (SSSR count). The Balaban J connectivity index is 1.52. The number of hydrogen-bond donors (Lipinski definition) is 1. The maximum Gasteiger partial charge on any atom is 0.114 e. The minimum atomic E-state index is -0.686. The lowest BCUT2D eigenvalue weighted by Crippen LogP contribution is -2.43. The van der Waals surface area contributed by atoms with Gasteiger partial charge in [0, 0.05) is 56.3 Å². The highest BCUT2D eigenvalue weighted by molar-refractivity contribution is 7.99. The number of hydrogen-bond acceptors (Lipinski definition) is 4. The normalized spacial score (nSPS) is 30.9. The van der Waals surface area contributed by atoms with Crippen LogP contribution in [-0.4, -0.2) is 57.5 Å². The fourth-order valence-electron chi connectivity index (χ4n) is 3.32. The number of aryl methyl sites for hydroxylation is 1. The van der Waals surface area contributed by atoms with Crippen LogP contribution in [0.1, 0.15) is 24.8 Å². The Labute approximate surface area is 130 Å². The van der Waals surface area contributed by atoms with Crippen molar-refractivity contribution < 1.29 is 4.39 Å². The van der Waals surface area contributed by atoms with Crippen molar-refractivity contribution in [3.05, 3.63) is 18.0 Å². The lowest BCUT2D eigenvalue weighted by Gasteiger charge is -2.28. The molecule has 0 saturated carbocycles. The molecule has 2 fully saturated rings. The molecule has 6 heteroatoms. The Kier molecular flexibility index (Phi) is 5.19. The van der Waals surface area contributed by atoms with Crippen molar-refractivity contribution in [3.63, 3.8) is 0 Å². The van der Waals surface area contributed by atoms with E-state index in [9.17, 15) is 4.39 Å². The van der Waals surface area contributed by atoms with Crippen LogP contribution in [0.3, 0.4) is 0 Å². The largest absolute Gasteiger partial charge is 0.312 e. The van der Waals surface area contributed by atoms with Crippen molar-refractivity contribution in [1.82, 2.24) is 20.0 Å². The number of halogens is 1. The van der Waals surface area contributed by atoms with E-state index in [1.165, 1.54) is 29.9 Å². The van der Waals surface area contributed by atoms with Crippen molar-refractivity contribution in [2.45, 2.75) is 44.1 Å². The number of likely N-dealkylation sites (tertiary alicyclic amines) is 1. The fraction of sp³-hybridized carbons (Fsp3) is 0.800. The Bertz CT molecular complexity index is 447. The van der Waals surface area contributed by atoms with Gasteiger partial charge in [0.15, 0.2) is 0 Å². The van der Waals surface area contributed by atoms with E-state index >= 15 is 0 Å². The van der Waals surface area contributed by atoms with Crippen LogP contribution in [0, 0.1) is 0 Å². The van der Waals surface area contributed by atoms with Gasteiger partial charge in [0.2, 0.25) is 0 Å².